The van der Waals surface area contributed by atoms with E-state index in [1.165, 1.54) is 87.9 Å². The van der Waals surface area contributed by atoms with Crippen molar-refractivity contribution in [2.24, 2.45) is 0 Å². The largest absolute Gasteiger partial charge is 0.309 e. The molecular weight excluding hydrogens is 619 g/mol. The molecule has 0 saturated carbocycles. The van der Waals surface area contributed by atoms with Gasteiger partial charge < -0.3 is 13.7 Å². The third kappa shape index (κ3) is 4.00. The lowest BCUT2D eigenvalue weighted by Crippen LogP contribution is -1.98. The Kier molecular flexibility index (Phi) is 5.96. The number of fused-ring (bicyclic) bond motifs is 10. The van der Waals surface area contributed by atoms with Gasteiger partial charge >= 0.3 is 0 Å². The van der Waals surface area contributed by atoms with Gasteiger partial charge in [-0.2, -0.15) is 0 Å². The number of rotatable bonds is 4. The summed E-state index contributed by atoms with van der Waals surface area (Å²) in [6.07, 6.45) is 0. The first-order chi connectivity index (χ1) is 25.3. The van der Waals surface area contributed by atoms with Crippen molar-refractivity contribution in [1.29, 1.82) is 0 Å². The summed E-state index contributed by atoms with van der Waals surface area (Å²) in [6.45, 7) is 0. The van der Waals surface area contributed by atoms with Crippen LogP contribution in [-0.4, -0.2) is 13.7 Å². The second-order valence-electron chi connectivity index (χ2n) is 13.3. The molecule has 0 spiro atoms. The summed E-state index contributed by atoms with van der Waals surface area (Å²) in [5, 5.41) is 7.63. The zero-order valence-corrected chi connectivity index (χ0v) is 27.7. The molecule has 0 aliphatic rings. The molecule has 0 radical (unpaired) electrons. The van der Waals surface area contributed by atoms with Gasteiger partial charge in [-0.05, 0) is 72.3 Å². The molecule has 0 N–H and O–H groups in total. The first-order valence-electron chi connectivity index (χ1n) is 17.5. The molecule has 51 heavy (non-hydrogen) atoms. The van der Waals surface area contributed by atoms with Gasteiger partial charge in [-0.3, -0.25) is 0 Å². The lowest BCUT2D eigenvalue weighted by Gasteiger charge is -2.15. The van der Waals surface area contributed by atoms with Crippen LogP contribution < -0.4 is 0 Å². The van der Waals surface area contributed by atoms with Gasteiger partial charge in [0.05, 0.1) is 38.8 Å². The Morgan fingerprint density at radius 1 is 0.255 bits per heavy atom. The van der Waals surface area contributed by atoms with E-state index in [-0.39, 0.29) is 0 Å². The van der Waals surface area contributed by atoms with Gasteiger partial charge in [0.2, 0.25) is 0 Å². The quantitative estimate of drug-likeness (QED) is 0.180. The molecule has 0 amide bonds. The van der Waals surface area contributed by atoms with Gasteiger partial charge in [0, 0.05) is 49.3 Å². The number of hydrogen-bond donors (Lipinski definition) is 0. The number of nitrogens with zero attached hydrogens (tertiary/aromatic N) is 3. The Balaban J connectivity index is 1.14. The fraction of sp³-hybridized carbons (Fsp3) is 0. The highest BCUT2D eigenvalue weighted by molar-refractivity contribution is 6.29. The molecule has 3 heterocycles. The first kappa shape index (κ1) is 28.0. The minimum absolute atomic E-state index is 1.16. The topological polar surface area (TPSA) is 14.8 Å². The smallest absolute Gasteiger partial charge is 0.0549 e. The molecule has 0 saturated heterocycles. The average Bonchev–Trinajstić information content (AvgIpc) is 3.84. The minimum atomic E-state index is 1.16. The molecular formula is C48H31N3. The van der Waals surface area contributed by atoms with E-state index < -0.39 is 0 Å². The van der Waals surface area contributed by atoms with Crippen LogP contribution in [0.5, 0.6) is 0 Å². The molecule has 0 aliphatic carbocycles. The highest BCUT2D eigenvalue weighted by Crippen LogP contribution is 2.43. The highest BCUT2D eigenvalue weighted by atomic mass is 15.0. The Labute approximate surface area is 294 Å². The number of hydrogen-bond acceptors (Lipinski definition) is 0. The number of benzene rings is 8. The maximum Gasteiger partial charge on any atom is 0.0549 e. The van der Waals surface area contributed by atoms with Crippen LogP contribution in [-0.2, 0) is 0 Å². The molecule has 8 aromatic carbocycles. The normalized spacial score (nSPS) is 11.9. The summed E-state index contributed by atoms with van der Waals surface area (Å²) in [4.78, 5) is 0. The Morgan fingerprint density at radius 2 is 0.667 bits per heavy atom. The van der Waals surface area contributed by atoms with Gasteiger partial charge in [-0.25, -0.2) is 0 Å². The minimum Gasteiger partial charge on any atom is -0.309 e. The Morgan fingerprint density at radius 3 is 1.27 bits per heavy atom. The van der Waals surface area contributed by atoms with E-state index in [1.54, 1.807) is 0 Å². The number of aromatic nitrogens is 3. The summed E-state index contributed by atoms with van der Waals surface area (Å²) in [5.41, 5.74) is 13.1. The van der Waals surface area contributed by atoms with E-state index in [4.69, 9.17) is 0 Å². The lowest BCUT2D eigenvalue weighted by atomic mass is 10.0. The van der Waals surface area contributed by atoms with Crippen LogP contribution in [0, 0.1) is 0 Å². The van der Waals surface area contributed by atoms with Crippen LogP contribution in [0.1, 0.15) is 0 Å². The van der Waals surface area contributed by atoms with Crippen molar-refractivity contribution in [3.05, 3.63) is 188 Å². The third-order valence-electron chi connectivity index (χ3n) is 10.6. The second kappa shape index (κ2) is 10.8. The van der Waals surface area contributed by atoms with E-state index >= 15 is 0 Å². The summed E-state index contributed by atoms with van der Waals surface area (Å²) in [7, 11) is 0. The molecule has 0 unspecified atom stereocenters. The van der Waals surface area contributed by atoms with Crippen molar-refractivity contribution < 1.29 is 0 Å². The van der Waals surface area contributed by atoms with E-state index in [1.807, 2.05) is 0 Å². The lowest BCUT2D eigenvalue weighted by molar-refractivity contribution is 1.17. The van der Waals surface area contributed by atoms with Gasteiger partial charge in [0.15, 0.2) is 0 Å². The van der Waals surface area contributed by atoms with Crippen LogP contribution in [0.25, 0.3) is 93.6 Å². The van der Waals surface area contributed by atoms with Crippen molar-refractivity contribution in [1.82, 2.24) is 13.7 Å². The van der Waals surface area contributed by atoms with Gasteiger partial charge in [-0.1, -0.05) is 121 Å². The summed E-state index contributed by atoms with van der Waals surface area (Å²) in [6, 6.07) is 68.3. The fourth-order valence-electron chi connectivity index (χ4n) is 8.54. The predicted octanol–water partition coefficient (Wildman–Crippen LogP) is 12.6. The monoisotopic (exact) mass is 649 g/mol. The summed E-state index contributed by atoms with van der Waals surface area (Å²) >= 11 is 0. The van der Waals surface area contributed by atoms with Crippen molar-refractivity contribution in [3.8, 4) is 28.2 Å². The first-order valence-corrected chi connectivity index (χ1v) is 17.5. The van der Waals surface area contributed by atoms with E-state index in [9.17, 15) is 0 Å². The molecule has 0 bridgehead atoms. The molecule has 11 rings (SSSR count). The SMILES string of the molecule is c1ccc(-n2c3ccccc3c3c4c5ccccc5n(-c5ccccc5-c5ccc(-n6c7ccccc7c7ccccc76)cc5)c4ccc32)cc1. The molecule has 0 atom stereocenters. The van der Waals surface area contributed by atoms with Gasteiger partial charge in [0.25, 0.3) is 0 Å². The Bertz CT molecular complexity index is 3070. The Hall–Kier alpha value is -6.84. The maximum absolute atomic E-state index is 2.47. The number of para-hydroxylation sites is 6. The fourth-order valence-corrected chi connectivity index (χ4v) is 8.54. The van der Waals surface area contributed by atoms with Crippen molar-refractivity contribution in [2.75, 3.05) is 0 Å². The zero-order chi connectivity index (χ0) is 33.5. The van der Waals surface area contributed by atoms with E-state index in [2.05, 4.69) is 202 Å². The standard InChI is InChI=1S/C48H31N3/c1-2-14-33(15-3-1)50-43-24-12-7-19-38(43)47-45(50)30-31-46-48(47)39-20-8-13-25-44(39)51(46)40-21-9-4-16-35(40)32-26-28-34(29-27-32)49-41-22-10-5-17-36(41)37-18-6-11-23-42(37)49/h1-31H. The van der Waals surface area contributed by atoms with Gasteiger partial charge in [0.1, 0.15) is 0 Å². The predicted molar refractivity (Wildman–Crippen MR) is 215 cm³/mol. The van der Waals surface area contributed by atoms with E-state index in [0.29, 0.717) is 0 Å². The summed E-state index contributed by atoms with van der Waals surface area (Å²) in [5.74, 6) is 0. The van der Waals surface area contributed by atoms with E-state index in [0.717, 1.165) is 5.69 Å². The third-order valence-corrected chi connectivity index (χ3v) is 10.6. The average molecular weight is 650 g/mol. The van der Waals surface area contributed by atoms with Crippen molar-refractivity contribution >= 4 is 65.4 Å². The van der Waals surface area contributed by atoms with Crippen LogP contribution >= 0.6 is 0 Å². The zero-order valence-electron chi connectivity index (χ0n) is 27.7. The van der Waals surface area contributed by atoms with Crippen LogP contribution in [0.15, 0.2) is 188 Å². The molecule has 238 valence electrons. The molecule has 0 fully saturated rings. The maximum atomic E-state index is 2.47. The van der Waals surface area contributed by atoms with Crippen LogP contribution in [0.3, 0.4) is 0 Å². The van der Waals surface area contributed by atoms with Crippen LogP contribution in [0.4, 0.5) is 0 Å². The molecule has 3 heteroatoms. The molecule has 3 aromatic heterocycles. The van der Waals surface area contributed by atoms with Crippen molar-refractivity contribution in [2.45, 2.75) is 0 Å². The highest BCUT2D eigenvalue weighted by Gasteiger charge is 2.21. The van der Waals surface area contributed by atoms with Crippen LogP contribution in [0.2, 0.25) is 0 Å². The molecule has 11 aromatic rings. The van der Waals surface area contributed by atoms with Crippen molar-refractivity contribution in [3.63, 3.8) is 0 Å². The second-order valence-corrected chi connectivity index (χ2v) is 13.3. The summed E-state index contributed by atoms with van der Waals surface area (Å²) < 4.78 is 7.25. The molecule has 3 nitrogen and oxygen atoms in total. The van der Waals surface area contributed by atoms with Gasteiger partial charge in [-0.15, -0.1) is 0 Å². The molecule has 0 aliphatic heterocycles.